The van der Waals surface area contributed by atoms with E-state index >= 15 is 0 Å². The summed E-state index contributed by atoms with van der Waals surface area (Å²) in [6.45, 7) is 6.82. The number of carbonyl (C=O) groups is 1. The molecule has 0 saturated carbocycles. The van der Waals surface area contributed by atoms with Gasteiger partial charge in [0.05, 0.1) is 11.4 Å². The van der Waals surface area contributed by atoms with E-state index in [0.29, 0.717) is 24.2 Å². The van der Waals surface area contributed by atoms with Gasteiger partial charge in [-0.3, -0.25) is 9.10 Å². The van der Waals surface area contributed by atoms with Crippen LogP contribution in [0.3, 0.4) is 0 Å². The predicted molar refractivity (Wildman–Crippen MR) is 118 cm³/mol. The Hall–Kier alpha value is -2.34. The van der Waals surface area contributed by atoms with Gasteiger partial charge in [0.25, 0.3) is 5.91 Å². The summed E-state index contributed by atoms with van der Waals surface area (Å²) in [4.78, 5) is 12.8. The van der Waals surface area contributed by atoms with Crippen LogP contribution in [0.25, 0.3) is 0 Å². The molecule has 1 heterocycles. The van der Waals surface area contributed by atoms with Crippen molar-refractivity contribution < 1.29 is 13.2 Å². The van der Waals surface area contributed by atoms with E-state index in [1.807, 2.05) is 25.1 Å². The number of anilines is 1. The zero-order valence-electron chi connectivity index (χ0n) is 17.4. The van der Waals surface area contributed by atoms with Crippen molar-refractivity contribution in [1.82, 2.24) is 5.32 Å². The fraction of sp³-hybridized carbons (Fsp3) is 0.435. The molecule has 156 valence electrons. The third-order valence-corrected chi connectivity index (χ3v) is 7.36. The monoisotopic (exact) mass is 414 g/mol. The predicted octanol–water partition coefficient (Wildman–Crippen LogP) is 4.10. The minimum absolute atomic E-state index is 0.0277. The molecule has 0 aliphatic carbocycles. The topological polar surface area (TPSA) is 66.5 Å². The first-order valence-electron chi connectivity index (χ1n) is 10.2. The highest BCUT2D eigenvalue weighted by Gasteiger charge is 2.27. The number of hydrogen-bond donors (Lipinski definition) is 1. The molecule has 0 bridgehead atoms. The smallest absolute Gasteiger partial charge is 0.251 e. The van der Waals surface area contributed by atoms with Gasteiger partial charge in [0.15, 0.2) is 0 Å². The van der Waals surface area contributed by atoms with Crippen LogP contribution in [0.4, 0.5) is 5.69 Å². The lowest BCUT2D eigenvalue weighted by Crippen LogP contribution is -2.38. The van der Waals surface area contributed by atoms with Gasteiger partial charge in [-0.25, -0.2) is 8.42 Å². The molecule has 1 atom stereocenters. The van der Waals surface area contributed by atoms with Crippen LogP contribution in [-0.4, -0.2) is 32.7 Å². The highest BCUT2D eigenvalue weighted by molar-refractivity contribution is 7.92. The molecule has 1 N–H and O–H groups in total. The lowest BCUT2D eigenvalue weighted by molar-refractivity contribution is 0.0934. The van der Waals surface area contributed by atoms with Crippen LogP contribution in [0, 0.1) is 0 Å². The van der Waals surface area contributed by atoms with Gasteiger partial charge in [0.1, 0.15) is 0 Å². The Morgan fingerprint density at radius 2 is 1.83 bits per heavy atom. The Labute approximate surface area is 174 Å². The van der Waals surface area contributed by atoms with Crippen molar-refractivity contribution in [1.29, 1.82) is 0 Å². The third-order valence-electron chi connectivity index (χ3n) is 5.49. The number of hydrogen-bond acceptors (Lipinski definition) is 3. The maximum Gasteiger partial charge on any atom is 0.251 e. The van der Waals surface area contributed by atoms with E-state index in [-0.39, 0.29) is 23.1 Å². The number of nitrogens with zero attached hydrogens (tertiary/aromatic N) is 1. The molecule has 0 spiro atoms. The molecule has 3 rings (SSSR count). The second-order valence-corrected chi connectivity index (χ2v) is 10.5. The van der Waals surface area contributed by atoms with Gasteiger partial charge >= 0.3 is 0 Å². The summed E-state index contributed by atoms with van der Waals surface area (Å²) in [7, 11) is -3.30. The largest absolute Gasteiger partial charge is 0.350 e. The Bertz CT molecular complexity index is 955. The van der Waals surface area contributed by atoms with E-state index in [9.17, 15) is 13.2 Å². The van der Waals surface area contributed by atoms with Crippen LogP contribution in [0.2, 0.25) is 0 Å². The first-order valence-corrected chi connectivity index (χ1v) is 11.8. The van der Waals surface area contributed by atoms with E-state index in [0.717, 1.165) is 12.8 Å². The molecule has 0 aromatic heterocycles. The Morgan fingerprint density at radius 3 is 2.52 bits per heavy atom. The lowest BCUT2D eigenvalue weighted by Gasteiger charge is -2.30. The lowest BCUT2D eigenvalue weighted by atomic mass is 9.79. The summed E-state index contributed by atoms with van der Waals surface area (Å²) in [5, 5.41) is 3.07. The first kappa shape index (κ1) is 21.4. The molecule has 1 unspecified atom stereocenters. The molecule has 1 aliphatic rings. The van der Waals surface area contributed by atoms with Gasteiger partial charge in [-0.15, -0.1) is 0 Å². The number of amides is 1. The van der Waals surface area contributed by atoms with E-state index in [2.05, 4.69) is 31.3 Å². The number of benzene rings is 2. The fourth-order valence-electron chi connectivity index (χ4n) is 4.01. The maximum absolute atomic E-state index is 12.8. The molecule has 1 saturated heterocycles. The highest BCUT2D eigenvalue weighted by Crippen LogP contribution is 2.28. The quantitative estimate of drug-likeness (QED) is 0.774. The summed E-state index contributed by atoms with van der Waals surface area (Å²) in [6.07, 6.45) is 2.32. The average Bonchev–Trinajstić information content (AvgIpc) is 2.68. The van der Waals surface area contributed by atoms with Crippen molar-refractivity contribution in [3.8, 4) is 0 Å². The van der Waals surface area contributed by atoms with Gasteiger partial charge in [-0.05, 0) is 55.4 Å². The normalized spacial score (nSPS) is 17.6. The molecule has 0 radical (unpaired) electrons. The first-order chi connectivity index (χ1) is 13.7. The second-order valence-electron chi connectivity index (χ2n) is 8.47. The summed E-state index contributed by atoms with van der Waals surface area (Å²) in [5.74, 6) is -0.0210. The molecule has 1 aliphatic heterocycles. The zero-order chi connectivity index (χ0) is 21.1. The Kier molecular flexibility index (Phi) is 6.32. The fourth-order valence-corrected chi connectivity index (χ4v) is 5.64. The van der Waals surface area contributed by atoms with Crippen LogP contribution in [0.15, 0.2) is 54.6 Å². The molecule has 6 heteroatoms. The SMILES string of the molecule is CC(CC(C)(C)c1ccccc1)NC(=O)c1cccc(N2CCCCS2(=O)=O)c1. The van der Waals surface area contributed by atoms with Crippen LogP contribution >= 0.6 is 0 Å². The van der Waals surface area contributed by atoms with Gasteiger partial charge in [-0.1, -0.05) is 50.2 Å². The van der Waals surface area contributed by atoms with Crippen molar-refractivity contribution in [2.45, 2.75) is 51.5 Å². The molecule has 1 fully saturated rings. The summed E-state index contributed by atoms with van der Waals surface area (Å²) in [6, 6.07) is 17.1. The third kappa shape index (κ3) is 5.18. The van der Waals surface area contributed by atoms with Gasteiger partial charge in [0.2, 0.25) is 10.0 Å². The molecular weight excluding hydrogens is 384 g/mol. The van der Waals surface area contributed by atoms with Crippen molar-refractivity contribution in [2.75, 3.05) is 16.6 Å². The van der Waals surface area contributed by atoms with Crippen molar-refractivity contribution in [2.24, 2.45) is 0 Å². The van der Waals surface area contributed by atoms with Crippen LogP contribution < -0.4 is 9.62 Å². The highest BCUT2D eigenvalue weighted by atomic mass is 32.2. The second kappa shape index (κ2) is 8.57. The van der Waals surface area contributed by atoms with Gasteiger partial charge in [-0.2, -0.15) is 0 Å². The Balaban J connectivity index is 1.69. The minimum Gasteiger partial charge on any atom is -0.350 e. The van der Waals surface area contributed by atoms with Crippen molar-refractivity contribution in [3.63, 3.8) is 0 Å². The number of nitrogens with one attached hydrogen (secondary N) is 1. The summed E-state index contributed by atoms with van der Waals surface area (Å²) < 4.78 is 26.1. The zero-order valence-corrected chi connectivity index (χ0v) is 18.2. The average molecular weight is 415 g/mol. The van der Waals surface area contributed by atoms with Crippen LogP contribution in [0.1, 0.15) is 56.0 Å². The van der Waals surface area contributed by atoms with Crippen molar-refractivity contribution in [3.05, 3.63) is 65.7 Å². The molecule has 2 aromatic rings. The van der Waals surface area contributed by atoms with E-state index in [4.69, 9.17) is 0 Å². The maximum atomic E-state index is 12.8. The van der Waals surface area contributed by atoms with Crippen LogP contribution in [0.5, 0.6) is 0 Å². The van der Waals surface area contributed by atoms with Crippen molar-refractivity contribution >= 4 is 21.6 Å². The Morgan fingerprint density at radius 1 is 1.10 bits per heavy atom. The molecule has 1 amide bonds. The number of rotatable bonds is 6. The minimum atomic E-state index is -3.30. The standard InChI is InChI=1S/C23H30N2O3S/c1-18(17-23(2,3)20-11-5-4-6-12-20)24-22(26)19-10-9-13-21(16-19)25-14-7-8-15-29(25,27)28/h4-6,9-13,16,18H,7-8,14-15,17H2,1-3H3,(H,24,26). The summed E-state index contributed by atoms with van der Waals surface area (Å²) in [5.41, 5.74) is 2.21. The van der Waals surface area contributed by atoms with E-state index in [1.54, 1.807) is 24.3 Å². The molecule has 5 nitrogen and oxygen atoms in total. The van der Waals surface area contributed by atoms with E-state index < -0.39 is 10.0 Å². The molecule has 2 aromatic carbocycles. The molecular formula is C23H30N2O3S. The number of carbonyl (C=O) groups excluding carboxylic acids is 1. The number of sulfonamides is 1. The van der Waals surface area contributed by atoms with Gasteiger partial charge < -0.3 is 5.32 Å². The van der Waals surface area contributed by atoms with Crippen LogP contribution in [-0.2, 0) is 15.4 Å². The molecule has 29 heavy (non-hydrogen) atoms. The van der Waals surface area contributed by atoms with E-state index in [1.165, 1.54) is 9.87 Å². The van der Waals surface area contributed by atoms with Gasteiger partial charge in [0, 0.05) is 18.2 Å². The summed E-state index contributed by atoms with van der Waals surface area (Å²) >= 11 is 0.